The smallest absolute Gasteiger partial charge is 0.220 e. The first-order chi connectivity index (χ1) is 11.1. The van der Waals surface area contributed by atoms with Gasteiger partial charge in [0.15, 0.2) is 0 Å². The number of anilines is 1. The predicted molar refractivity (Wildman–Crippen MR) is 95.6 cm³/mol. The van der Waals surface area contributed by atoms with E-state index in [0.29, 0.717) is 25.1 Å². The molecule has 0 radical (unpaired) electrons. The van der Waals surface area contributed by atoms with Crippen LogP contribution in [0.5, 0.6) is 0 Å². The first-order valence-electron chi connectivity index (χ1n) is 7.48. The van der Waals surface area contributed by atoms with Crippen LogP contribution in [0, 0.1) is 5.82 Å². The van der Waals surface area contributed by atoms with Gasteiger partial charge in [0.1, 0.15) is 5.82 Å². The number of ether oxygens (including phenoxy) is 1. The molecule has 0 aliphatic carbocycles. The fourth-order valence-corrected chi connectivity index (χ4v) is 2.32. The molecule has 4 nitrogen and oxygen atoms in total. The summed E-state index contributed by atoms with van der Waals surface area (Å²) in [5, 5.41) is 2.84. The maximum absolute atomic E-state index is 12.9. The molecule has 2 rings (SSSR count). The molecule has 2 aromatic rings. The molecule has 130 valence electrons. The van der Waals surface area contributed by atoms with E-state index in [9.17, 15) is 9.18 Å². The number of methoxy groups -OCH3 is 1. The molecule has 0 aliphatic rings. The quantitative estimate of drug-likeness (QED) is 0.752. The second kappa shape index (κ2) is 9.90. The van der Waals surface area contributed by atoms with Gasteiger partial charge in [-0.05, 0) is 35.7 Å². The van der Waals surface area contributed by atoms with E-state index in [1.807, 2.05) is 24.3 Å². The van der Waals surface area contributed by atoms with Crippen LogP contribution in [0.15, 0.2) is 48.5 Å². The van der Waals surface area contributed by atoms with E-state index in [2.05, 4.69) is 5.32 Å². The Morgan fingerprint density at radius 3 is 2.50 bits per heavy atom. The summed E-state index contributed by atoms with van der Waals surface area (Å²) in [6.07, 6.45) is 0.641. The number of nitrogens with one attached hydrogen (secondary N) is 1. The average molecular weight is 353 g/mol. The van der Waals surface area contributed by atoms with E-state index in [1.165, 1.54) is 12.1 Å². The lowest BCUT2D eigenvalue weighted by molar-refractivity contribution is -0.121. The number of halogens is 2. The third kappa shape index (κ3) is 5.83. The second-order valence-electron chi connectivity index (χ2n) is 5.28. The molecule has 0 fully saturated rings. The van der Waals surface area contributed by atoms with Crippen molar-refractivity contribution >= 4 is 24.0 Å². The van der Waals surface area contributed by atoms with Crippen molar-refractivity contribution < 1.29 is 13.9 Å². The molecular formula is C18H22ClFN2O2. The van der Waals surface area contributed by atoms with E-state index in [1.54, 1.807) is 19.2 Å². The predicted octanol–water partition coefficient (Wildman–Crippen LogP) is 3.27. The van der Waals surface area contributed by atoms with E-state index < -0.39 is 0 Å². The van der Waals surface area contributed by atoms with Crippen molar-refractivity contribution in [2.75, 3.05) is 19.4 Å². The van der Waals surface area contributed by atoms with E-state index >= 15 is 0 Å². The largest absolute Gasteiger partial charge is 0.399 e. The Labute approximate surface area is 147 Å². The molecule has 1 atom stereocenters. The zero-order chi connectivity index (χ0) is 16.7. The van der Waals surface area contributed by atoms with Gasteiger partial charge in [-0.25, -0.2) is 4.39 Å². The molecule has 0 heterocycles. The summed E-state index contributed by atoms with van der Waals surface area (Å²) in [6.45, 7) is 0.339. The lowest BCUT2D eigenvalue weighted by Gasteiger charge is -2.16. The first-order valence-corrected chi connectivity index (χ1v) is 7.48. The highest BCUT2D eigenvalue weighted by molar-refractivity contribution is 5.85. The van der Waals surface area contributed by atoms with Crippen molar-refractivity contribution in [3.63, 3.8) is 0 Å². The molecule has 24 heavy (non-hydrogen) atoms. The molecule has 0 spiro atoms. The number of rotatable bonds is 7. The van der Waals surface area contributed by atoms with E-state index in [4.69, 9.17) is 10.5 Å². The molecule has 3 N–H and O–H groups in total. The number of benzene rings is 2. The fourth-order valence-electron chi connectivity index (χ4n) is 2.32. The SMILES string of the molecule is COC(CNC(=O)CCc1ccccc1N)c1ccc(F)cc1.Cl. The van der Waals surface area contributed by atoms with Gasteiger partial charge in [-0.1, -0.05) is 30.3 Å². The number of aryl methyl sites for hydroxylation is 1. The summed E-state index contributed by atoms with van der Waals surface area (Å²) < 4.78 is 18.3. The number of amides is 1. The van der Waals surface area contributed by atoms with Gasteiger partial charge in [0.25, 0.3) is 0 Å². The average Bonchev–Trinajstić information content (AvgIpc) is 2.56. The van der Waals surface area contributed by atoms with E-state index in [0.717, 1.165) is 11.1 Å². The normalized spacial score (nSPS) is 11.4. The van der Waals surface area contributed by atoms with Crippen LogP contribution in [-0.2, 0) is 16.0 Å². The second-order valence-corrected chi connectivity index (χ2v) is 5.28. The third-order valence-corrected chi connectivity index (χ3v) is 3.69. The Hall–Kier alpha value is -2.11. The van der Waals surface area contributed by atoms with Crippen molar-refractivity contribution in [1.29, 1.82) is 0 Å². The van der Waals surface area contributed by atoms with E-state index in [-0.39, 0.29) is 30.2 Å². The summed E-state index contributed by atoms with van der Waals surface area (Å²) in [5.74, 6) is -0.370. The monoisotopic (exact) mass is 352 g/mol. The minimum atomic E-state index is -0.304. The number of carbonyl (C=O) groups excluding carboxylic acids is 1. The van der Waals surface area contributed by atoms with Gasteiger partial charge in [-0.15, -0.1) is 12.4 Å². The molecule has 6 heteroatoms. The summed E-state index contributed by atoms with van der Waals surface area (Å²) in [5.41, 5.74) is 8.34. The highest BCUT2D eigenvalue weighted by atomic mass is 35.5. The number of carbonyl (C=O) groups is 1. The topological polar surface area (TPSA) is 64.3 Å². The van der Waals surface area contributed by atoms with Crippen LogP contribution in [0.1, 0.15) is 23.7 Å². The molecule has 2 aromatic carbocycles. The van der Waals surface area contributed by atoms with Crippen LogP contribution in [0.2, 0.25) is 0 Å². The van der Waals surface area contributed by atoms with Crippen LogP contribution in [-0.4, -0.2) is 19.6 Å². The Kier molecular flexibility index (Phi) is 8.22. The van der Waals surface area contributed by atoms with Gasteiger partial charge < -0.3 is 15.8 Å². The third-order valence-electron chi connectivity index (χ3n) is 3.69. The number of nitrogen functional groups attached to an aromatic ring is 1. The number of para-hydroxylation sites is 1. The van der Waals surface area contributed by atoms with Crippen molar-refractivity contribution in [2.45, 2.75) is 18.9 Å². The molecule has 0 saturated heterocycles. The lowest BCUT2D eigenvalue weighted by atomic mass is 10.1. The standard InChI is InChI=1S/C18H21FN2O2.ClH/c1-23-17(14-6-9-15(19)10-7-14)12-21-18(22)11-8-13-4-2-3-5-16(13)20;/h2-7,9-10,17H,8,11-12,20H2,1H3,(H,21,22);1H. The first kappa shape index (κ1) is 19.9. The highest BCUT2D eigenvalue weighted by Crippen LogP contribution is 2.16. The maximum Gasteiger partial charge on any atom is 0.220 e. The zero-order valence-corrected chi connectivity index (χ0v) is 14.3. The van der Waals surface area contributed by atoms with Crippen molar-refractivity contribution in [3.05, 3.63) is 65.5 Å². The lowest BCUT2D eigenvalue weighted by Crippen LogP contribution is -2.29. The Balaban J connectivity index is 0.00000288. The van der Waals surface area contributed by atoms with Crippen molar-refractivity contribution in [3.8, 4) is 0 Å². The Morgan fingerprint density at radius 2 is 1.88 bits per heavy atom. The molecule has 0 aromatic heterocycles. The Bertz CT molecular complexity index is 650. The maximum atomic E-state index is 12.9. The minimum absolute atomic E-state index is 0. The summed E-state index contributed by atoms with van der Waals surface area (Å²) in [7, 11) is 1.56. The number of nitrogens with two attached hydrogens (primary N) is 1. The van der Waals surface area contributed by atoms with Gasteiger partial charge in [0.05, 0.1) is 6.10 Å². The zero-order valence-electron chi connectivity index (χ0n) is 13.5. The summed E-state index contributed by atoms with van der Waals surface area (Å²) in [4.78, 5) is 12.0. The molecule has 0 aliphatic heterocycles. The molecule has 1 amide bonds. The molecule has 1 unspecified atom stereocenters. The van der Waals surface area contributed by atoms with Gasteiger partial charge in [0.2, 0.25) is 5.91 Å². The van der Waals surface area contributed by atoms with Gasteiger partial charge in [-0.2, -0.15) is 0 Å². The van der Waals surface area contributed by atoms with Gasteiger partial charge >= 0.3 is 0 Å². The van der Waals surface area contributed by atoms with Crippen LogP contribution >= 0.6 is 12.4 Å². The Morgan fingerprint density at radius 1 is 1.21 bits per heavy atom. The van der Waals surface area contributed by atoms with Crippen LogP contribution in [0.3, 0.4) is 0 Å². The minimum Gasteiger partial charge on any atom is -0.399 e. The summed E-state index contributed by atoms with van der Waals surface area (Å²) in [6, 6.07) is 13.6. The van der Waals surface area contributed by atoms with Gasteiger partial charge in [0, 0.05) is 25.8 Å². The number of hydrogen-bond acceptors (Lipinski definition) is 3. The van der Waals surface area contributed by atoms with Crippen molar-refractivity contribution in [2.24, 2.45) is 0 Å². The van der Waals surface area contributed by atoms with Crippen LogP contribution < -0.4 is 11.1 Å². The molecule has 0 bridgehead atoms. The molecule has 0 saturated carbocycles. The van der Waals surface area contributed by atoms with Crippen LogP contribution in [0.25, 0.3) is 0 Å². The van der Waals surface area contributed by atoms with Crippen LogP contribution in [0.4, 0.5) is 10.1 Å². The number of hydrogen-bond donors (Lipinski definition) is 2. The fraction of sp³-hybridized carbons (Fsp3) is 0.278. The van der Waals surface area contributed by atoms with Crippen molar-refractivity contribution in [1.82, 2.24) is 5.32 Å². The summed E-state index contributed by atoms with van der Waals surface area (Å²) >= 11 is 0. The molecular weight excluding hydrogens is 331 g/mol. The van der Waals surface area contributed by atoms with Gasteiger partial charge in [-0.3, -0.25) is 4.79 Å². The highest BCUT2D eigenvalue weighted by Gasteiger charge is 2.12.